The number of benzene rings is 1. The van der Waals surface area contributed by atoms with E-state index in [2.05, 4.69) is 37.8 Å². The lowest BCUT2D eigenvalue weighted by Gasteiger charge is -2.13. The van der Waals surface area contributed by atoms with Crippen molar-refractivity contribution in [2.45, 2.75) is 31.7 Å². The minimum Gasteiger partial charge on any atom is -0.308 e. The maximum Gasteiger partial charge on any atom is 0.239 e. The Morgan fingerprint density at radius 3 is 2.78 bits per heavy atom. The van der Waals surface area contributed by atoms with Crippen LogP contribution in [0.25, 0.3) is 22.0 Å². The number of carbonyl (C=O) groups excluding carboxylic acids is 1. The highest BCUT2D eigenvalue weighted by Gasteiger charge is 2.24. The number of fused-ring (bicyclic) bond motifs is 1. The molecule has 2 aromatic heterocycles. The van der Waals surface area contributed by atoms with Gasteiger partial charge in [0.1, 0.15) is 0 Å². The van der Waals surface area contributed by atoms with E-state index in [1.165, 1.54) is 25.7 Å². The van der Waals surface area contributed by atoms with E-state index in [9.17, 15) is 4.79 Å². The van der Waals surface area contributed by atoms with Gasteiger partial charge < -0.3 is 5.32 Å². The normalized spacial score (nSPS) is 17.5. The molecule has 1 amide bonds. The van der Waals surface area contributed by atoms with Crippen molar-refractivity contribution in [3.05, 3.63) is 36.7 Å². The first-order valence-electron chi connectivity index (χ1n) is 9.59. The first kappa shape index (κ1) is 16.4. The number of hydrogen-bond acceptors (Lipinski definition) is 5. The Labute approximate surface area is 157 Å². The first-order chi connectivity index (χ1) is 13.2. The van der Waals surface area contributed by atoms with Gasteiger partial charge in [-0.05, 0) is 62.5 Å². The molecule has 3 aromatic rings. The third-order valence-electron chi connectivity index (χ3n) is 5.27. The molecule has 0 spiro atoms. The van der Waals surface area contributed by atoms with Crippen molar-refractivity contribution in [2.24, 2.45) is 0 Å². The van der Waals surface area contributed by atoms with Crippen LogP contribution >= 0.6 is 0 Å². The molecule has 0 radical (unpaired) electrons. The molecule has 1 aliphatic carbocycles. The molecular weight excluding hydrogens is 340 g/mol. The van der Waals surface area contributed by atoms with E-state index in [0.29, 0.717) is 18.4 Å². The second-order valence-electron chi connectivity index (χ2n) is 7.47. The molecule has 138 valence electrons. The van der Waals surface area contributed by atoms with Gasteiger partial charge in [0.15, 0.2) is 5.82 Å². The van der Waals surface area contributed by atoms with Gasteiger partial charge in [0, 0.05) is 17.1 Å². The van der Waals surface area contributed by atoms with Crippen molar-refractivity contribution >= 4 is 22.6 Å². The van der Waals surface area contributed by atoms with E-state index in [1.54, 1.807) is 0 Å². The highest BCUT2D eigenvalue weighted by Crippen LogP contribution is 2.35. The molecule has 2 aliphatic rings. The zero-order valence-corrected chi connectivity index (χ0v) is 15.1. The molecular formula is C20H22N6O. The molecule has 0 bridgehead atoms. The number of carbonyl (C=O) groups is 1. The van der Waals surface area contributed by atoms with Crippen LogP contribution in [0.5, 0.6) is 0 Å². The fraction of sp³-hybridized carbons (Fsp3) is 0.400. The molecule has 1 aliphatic heterocycles. The van der Waals surface area contributed by atoms with Gasteiger partial charge in [0.05, 0.1) is 24.3 Å². The van der Waals surface area contributed by atoms with E-state index < -0.39 is 0 Å². The van der Waals surface area contributed by atoms with Gasteiger partial charge >= 0.3 is 0 Å². The summed E-state index contributed by atoms with van der Waals surface area (Å²) >= 11 is 0. The molecule has 1 N–H and O–H groups in total. The molecule has 27 heavy (non-hydrogen) atoms. The summed E-state index contributed by atoms with van der Waals surface area (Å²) in [6.45, 7) is 2.41. The summed E-state index contributed by atoms with van der Waals surface area (Å²) in [4.78, 5) is 14.4. The Kier molecular flexibility index (Phi) is 4.09. The summed E-state index contributed by atoms with van der Waals surface area (Å²) in [7, 11) is 0. The smallest absolute Gasteiger partial charge is 0.239 e. The maximum atomic E-state index is 12.2. The number of nitrogens with one attached hydrogen (secondary N) is 1. The average molecular weight is 362 g/mol. The number of nitrogens with zero attached hydrogens (tertiary/aromatic N) is 5. The van der Waals surface area contributed by atoms with E-state index in [0.717, 1.165) is 35.1 Å². The Balaban J connectivity index is 1.35. The van der Waals surface area contributed by atoms with Crippen LogP contribution in [0.1, 0.15) is 31.7 Å². The SMILES string of the molecule is O=C(CN1CCCC1)Nc1cc2cc(-c3cnn(C4CC4)c3)ccc2nn1. The number of rotatable bonds is 5. The van der Waals surface area contributed by atoms with Crippen LogP contribution in [0.3, 0.4) is 0 Å². The van der Waals surface area contributed by atoms with Crippen molar-refractivity contribution in [3.8, 4) is 11.1 Å². The van der Waals surface area contributed by atoms with Gasteiger partial charge in [-0.3, -0.25) is 14.4 Å². The topological polar surface area (TPSA) is 75.9 Å². The summed E-state index contributed by atoms with van der Waals surface area (Å²) in [5.74, 6) is 0.463. The van der Waals surface area contributed by atoms with Crippen LogP contribution in [-0.4, -0.2) is 50.4 Å². The van der Waals surface area contributed by atoms with Crippen LogP contribution in [0.15, 0.2) is 36.7 Å². The summed E-state index contributed by atoms with van der Waals surface area (Å²) in [5.41, 5.74) is 3.00. The standard InChI is InChI=1S/C20H22N6O/c27-20(13-25-7-1-2-8-25)22-19-10-15-9-14(3-6-18(15)23-24-19)16-11-21-26(12-16)17-4-5-17/h3,6,9-12,17H,1-2,4-5,7-8,13H2,(H,22,24,27). The number of aromatic nitrogens is 4. The predicted molar refractivity (Wildman–Crippen MR) is 103 cm³/mol. The van der Waals surface area contributed by atoms with E-state index >= 15 is 0 Å². The summed E-state index contributed by atoms with van der Waals surface area (Å²) in [6, 6.07) is 8.54. The number of likely N-dealkylation sites (tertiary alicyclic amines) is 1. The predicted octanol–water partition coefficient (Wildman–Crippen LogP) is 2.86. The highest BCUT2D eigenvalue weighted by atomic mass is 16.2. The second kappa shape index (κ2) is 6.74. The van der Waals surface area contributed by atoms with Crippen LogP contribution in [0.2, 0.25) is 0 Å². The molecule has 1 saturated heterocycles. The van der Waals surface area contributed by atoms with Crippen molar-refractivity contribution in [2.75, 3.05) is 25.0 Å². The molecule has 7 heteroatoms. The fourth-order valence-electron chi connectivity index (χ4n) is 3.64. The first-order valence-corrected chi connectivity index (χ1v) is 9.59. The van der Waals surface area contributed by atoms with Crippen LogP contribution in [0.4, 0.5) is 5.82 Å². The quantitative estimate of drug-likeness (QED) is 0.755. The summed E-state index contributed by atoms with van der Waals surface area (Å²) in [5, 5.41) is 16.7. The summed E-state index contributed by atoms with van der Waals surface area (Å²) < 4.78 is 2.05. The Bertz CT molecular complexity index is 987. The Morgan fingerprint density at radius 1 is 1.11 bits per heavy atom. The zero-order valence-electron chi connectivity index (χ0n) is 15.1. The molecule has 0 unspecified atom stereocenters. The van der Waals surface area contributed by atoms with E-state index in [-0.39, 0.29) is 5.91 Å². The molecule has 2 fully saturated rings. The highest BCUT2D eigenvalue weighted by molar-refractivity contribution is 5.93. The van der Waals surface area contributed by atoms with Crippen LogP contribution < -0.4 is 5.32 Å². The molecule has 5 rings (SSSR count). The minimum atomic E-state index is -0.0348. The number of hydrogen-bond donors (Lipinski definition) is 1. The molecule has 7 nitrogen and oxygen atoms in total. The third kappa shape index (κ3) is 3.55. The zero-order chi connectivity index (χ0) is 18.2. The van der Waals surface area contributed by atoms with E-state index in [1.807, 2.05) is 29.1 Å². The average Bonchev–Trinajstić information content (AvgIpc) is 3.18. The molecule has 3 heterocycles. The van der Waals surface area contributed by atoms with Gasteiger partial charge in [0.25, 0.3) is 0 Å². The van der Waals surface area contributed by atoms with Gasteiger partial charge in [-0.2, -0.15) is 5.10 Å². The van der Waals surface area contributed by atoms with Gasteiger partial charge in [-0.25, -0.2) is 0 Å². The lowest BCUT2D eigenvalue weighted by Crippen LogP contribution is -2.31. The Hall–Kier alpha value is -2.80. The van der Waals surface area contributed by atoms with E-state index in [4.69, 9.17) is 0 Å². The number of anilines is 1. The van der Waals surface area contributed by atoms with Crippen molar-refractivity contribution in [1.82, 2.24) is 24.9 Å². The number of amides is 1. The largest absolute Gasteiger partial charge is 0.308 e. The lowest BCUT2D eigenvalue weighted by molar-refractivity contribution is -0.117. The second-order valence-corrected chi connectivity index (χ2v) is 7.47. The van der Waals surface area contributed by atoms with Gasteiger partial charge in [-0.1, -0.05) is 6.07 Å². The fourth-order valence-corrected chi connectivity index (χ4v) is 3.64. The Morgan fingerprint density at radius 2 is 1.96 bits per heavy atom. The van der Waals surface area contributed by atoms with Crippen LogP contribution in [0, 0.1) is 0 Å². The monoisotopic (exact) mass is 362 g/mol. The maximum absolute atomic E-state index is 12.2. The third-order valence-corrected chi connectivity index (χ3v) is 5.27. The van der Waals surface area contributed by atoms with Gasteiger partial charge in [-0.15, -0.1) is 10.2 Å². The lowest BCUT2D eigenvalue weighted by atomic mass is 10.1. The van der Waals surface area contributed by atoms with Gasteiger partial charge in [0.2, 0.25) is 5.91 Å². The molecule has 1 saturated carbocycles. The summed E-state index contributed by atoms with van der Waals surface area (Å²) in [6.07, 6.45) is 8.79. The van der Waals surface area contributed by atoms with Crippen molar-refractivity contribution in [1.29, 1.82) is 0 Å². The van der Waals surface area contributed by atoms with Crippen molar-refractivity contribution in [3.63, 3.8) is 0 Å². The minimum absolute atomic E-state index is 0.0348. The van der Waals surface area contributed by atoms with Crippen LogP contribution in [-0.2, 0) is 4.79 Å². The molecule has 0 atom stereocenters. The van der Waals surface area contributed by atoms with Crippen molar-refractivity contribution < 1.29 is 4.79 Å². The molecule has 1 aromatic carbocycles.